The minimum absolute atomic E-state index is 0.0879. The lowest BCUT2D eigenvalue weighted by Gasteiger charge is -2.28. The van der Waals surface area contributed by atoms with E-state index in [1.807, 2.05) is 45.9 Å². The second-order valence-electron chi connectivity index (χ2n) is 16.8. The van der Waals surface area contributed by atoms with Gasteiger partial charge >= 0.3 is 0 Å². The average molecular weight is 763 g/mol. The lowest BCUT2D eigenvalue weighted by atomic mass is 9.78. The fraction of sp³-hybridized carbons (Fsp3) is 0.346. The number of phenolic OH excluding ortho intramolecular Hbond substituents is 3. The van der Waals surface area contributed by atoms with Gasteiger partial charge in [0.1, 0.15) is 23.0 Å². The minimum atomic E-state index is -0.330. The number of aryl methyl sites for hydroxylation is 8. The van der Waals surface area contributed by atoms with E-state index in [-0.39, 0.29) is 24.2 Å². The number of aromatic hydroxyl groups is 3. The van der Waals surface area contributed by atoms with Gasteiger partial charge in [0.15, 0.2) is 6.29 Å². The fourth-order valence-corrected chi connectivity index (χ4v) is 9.03. The van der Waals surface area contributed by atoms with E-state index < -0.39 is 0 Å². The van der Waals surface area contributed by atoms with Crippen molar-refractivity contribution < 1.29 is 24.8 Å². The smallest absolute Gasteiger partial charge is 0.197 e. The van der Waals surface area contributed by atoms with Crippen molar-refractivity contribution in [1.82, 2.24) is 0 Å². The fourth-order valence-electron chi connectivity index (χ4n) is 9.03. The van der Waals surface area contributed by atoms with Gasteiger partial charge in [-0.1, -0.05) is 79.9 Å². The van der Waals surface area contributed by atoms with Gasteiger partial charge in [-0.05, 0) is 188 Å². The molecule has 2 unspecified atom stereocenters. The van der Waals surface area contributed by atoms with Gasteiger partial charge in [0.2, 0.25) is 0 Å². The van der Waals surface area contributed by atoms with Gasteiger partial charge in [-0.2, -0.15) is 0 Å². The third-order valence-corrected chi connectivity index (χ3v) is 12.3. The first-order valence-corrected chi connectivity index (χ1v) is 20.6. The Labute approximate surface area is 339 Å². The Morgan fingerprint density at radius 2 is 0.842 bits per heavy atom. The Balaban J connectivity index is 1.31. The van der Waals surface area contributed by atoms with E-state index in [0.29, 0.717) is 17.2 Å². The number of ether oxygens (including phenoxy) is 2. The van der Waals surface area contributed by atoms with E-state index in [9.17, 15) is 15.3 Å². The lowest BCUT2D eigenvalue weighted by Crippen LogP contribution is -2.26. The van der Waals surface area contributed by atoms with Crippen LogP contribution in [0.15, 0.2) is 84.9 Å². The van der Waals surface area contributed by atoms with Gasteiger partial charge in [-0.25, -0.2) is 0 Å². The van der Waals surface area contributed by atoms with Gasteiger partial charge in [-0.3, -0.25) is 0 Å². The molecule has 0 aromatic heterocycles. The Hall–Kier alpha value is -5.26. The second-order valence-corrected chi connectivity index (χ2v) is 16.8. The van der Waals surface area contributed by atoms with E-state index in [1.165, 1.54) is 30.4 Å². The van der Waals surface area contributed by atoms with Crippen LogP contribution in [0.2, 0.25) is 0 Å². The van der Waals surface area contributed by atoms with Crippen molar-refractivity contribution in [2.75, 3.05) is 0 Å². The molecule has 5 heteroatoms. The third-order valence-electron chi connectivity index (χ3n) is 12.3. The molecule has 5 nitrogen and oxygen atoms in total. The summed E-state index contributed by atoms with van der Waals surface area (Å²) in [5.74, 6) is 1.53. The molecule has 6 aromatic rings. The van der Waals surface area contributed by atoms with Gasteiger partial charge in [0.25, 0.3) is 0 Å². The molecule has 7 rings (SSSR count). The number of hydrogen-bond acceptors (Lipinski definition) is 5. The van der Waals surface area contributed by atoms with Crippen LogP contribution in [-0.4, -0.2) is 27.7 Å². The predicted octanol–water partition coefficient (Wildman–Crippen LogP) is 12.9. The minimum Gasteiger partial charge on any atom is -0.508 e. The van der Waals surface area contributed by atoms with Crippen molar-refractivity contribution in [1.29, 1.82) is 0 Å². The Kier molecular flexibility index (Phi) is 11.4. The molecule has 0 bridgehead atoms. The topological polar surface area (TPSA) is 79.2 Å². The van der Waals surface area contributed by atoms with E-state index in [4.69, 9.17) is 9.47 Å². The largest absolute Gasteiger partial charge is 0.508 e. The molecule has 0 spiro atoms. The zero-order chi connectivity index (χ0) is 40.7. The van der Waals surface area contributed by atoms with Gasteiger partial charge in [0, 0.05) is 11.8 Å². The number of hydrogen-bond donors (Lipinski definition) is 3. The van der Waals surface area contributed by atoms with Crippen molar-refractivity contribution in [2.24, 2.45) is 0 Å². The summed E-state index contributed by atoms with van der Waals surface area (Å²) in [6.07, 6.45) is 5.85. The van der Waals surface area contributed by atoms with Crippen LogP contribution in [0, 0.1) is 55.4 Å². The highest BCUT2D eigenvalue weighted by atomic mass is 16.7. The number of benzene rings is 6. The number of phenols is 3. The van der Waals surface area contributed by atoms with Crippen molar-refractivity contribution in [3.63, 3.8) is 0 Å². The molecular weight excluding hydrogens is 705 g/mol. The van der Waals surface area contributed by atoms with E-state index in [2.05, 4.69) is 101 Å². The maximum atomic E-state index is 10.7. The highest BCUT2D eigenvalue weighted by Gasteiger charge is 2.26. The first kappa shape index (κ1) is 40.0. The predicted molar refractivity (Wildman–Crippen MR) is 233 cm³/mol. The van der Waals surface area contributed by atoms with Crippen LogP contribution >= 0.6 is 0 Å². The standard InChI is InChI=1S/C52H58O5/c1-29-23-47(53)33(5)19-43(29)51(44-20-34(6)48(54)24-30(44)2)40-17-15-39-28-41(18-16-38(39)27-40)52(45-21-35(7)49(55)25-31(45)3)46-22-36(8)50(26-32(46)4)57-37(9)56-42-13-11-10-12-14-42/h15-28,37,42,51-55H,10-14H2,1-9H3. The van der Waals surface area contributed by atoms with Crippen LogP contribution in [0.3, 0.4) is 0 Å². The highest BCUT2D eigenvalue weighted by molar-refractivity contribution is 5.85. The molecule has 2 atom stereocenters. The Morgan fingerprint density at radius 3 is 1.26 bits per heavy atom. The summed E-state index contributed by atoms with van der Waals surface area (Å²) in [7, 11) is 0. The molecule has 3 N–H and O–H groups in total. The van der Waals surface area contributed by atoms with Crippen molar-refractivity contribution >= 4 is 10.8 Å². The second kappa shape index (κ2) is 16.3. The maximum Gasteiger partial charge on any atom is 0.197 e. The first-order chi connectivity index (χ1) is 27.2. The highest BCUT2D eigenvalue weighted by Crippen LogP contribution is 2.43. The Bertz CT molecular complexity index is 2400. The van der Waals surface area contributed by atoms with Crippen LogP contribution in [0.25, 0.3) is 10.8 Å². The van der Waals surface area contributed by atoms with Gasteiger partial charge < -0.3 is 24.8 Å². The number of fused-ring (bicyclic) bond motifs is 1. The molecule has 0 saturated heterocycles. The molecular formula is C52H58O5. The molecule has 1 saturated carbocycles. The molecule has 1 fully saturated rings. The molecule has 1 aliphatic rings. The molecule has 57 heavy (non-hydrogen) atoms. The molecule has 0 amide bonds. The van der Waals surface area contributed by atoms with Gasteiger partial charge in [-0.15, -0.1) is 0 Å². The monoisotopic (exact) mass is 762 g/mol. The van der Waals surface area contributed by atoms with E-state index in [1.54, 1.807) is 0 Å². The van der Waals surface area contributed by atoms with E-state index >= 15 is 0 Å². The van der Waals surface area contributed by atoms with Crippen LogP contribution in [0.1, 0.15) is 129 Å². The van der Waals surface area contributed by atoms with Crippen molar-refractivity contribution in [3.8, 4) is 23.0 Å². The third kappa shape index (κ3) is 8.27. The summed E-state index contributed by atoms with van der Waals surface area (Å²) < 4.78 is 12.8. The summed E-state index contributed by atoms with van der Waals surface area (Å²) >= 11 is 0. The molecule has 0 radical (unpaired) electrons. The van der Waals surface area contributed by atoms with Crippen molar-refractivity contribution in [3.05, 3.63) is 163 Å². The zero-order valence-corrected chi connectivity index (χ0v) is 35.1. The van der Waals surface area contributed by atoms with Crippen molar-refractivity contribution in [2.45, 2.75) is 119 Å². The zero-order valence-electron chi connectivity index (χ0n) is 35.1. The summed E-state index contributed by atoms with van der Waals surface area (Å²) in [6, 6.07) is 29.9. The first-order valence-electron chi connectivity index (χ1n) is 20.6. The molecule has 6 aromatic carbocycles. The Morgan fingerprint density at radius 1 is 0.456 bits per heavy atom. The quantitative estimate of drug-likeness (QED) is 0.0957. The van der Waals surface area contributed by atoms with Crippen LogP contribution in [-0.2, 0) is 4.74 Å². The summed E-state index contributed by atoms with van der Waals surface area (Å²) in [5.41, 5.74) is 14.7. The molecule has 296 valence electrons. The van der Waals surface area contributed by atoms with Crippen LogP contribution < -0.4 is 4.74 Å². The number of rotatable bonds is 10. The van der Waals surface area contributed by atoms with Gasteiger partial charge in [0.05, 0.1) is 6.10 Å². The molecule has 0 aliphatic heterocycles. The summed E-state index contributed by atoms with van der Waals surface area (Å²) in [5, 5.41) is 34.1. The average Bonchev–Trinajstić information content (AvgIpc) is 3.17. The molecule has 0 heterocycles. The summed E-state index contributed by atoms with van der Waals surface area (Å²) in [4.78, 5) is 0. The van der Waals surface area contributed by atoms with E-state index in [0.717, 1.165) is 96.1 Å². The SMILES string of the molecule is Cc1cc(C(c2ccc3cc(C(c4cc(C)c(O)cc4C)c4cc(C)c(OC(C)OC5CCCCC5)cc4C)ccc3c2)c2cc(C)c(O)cc2C)c(C)cc1O. The normalized spacial score (nSPS) is 14.6. The lowest BCUT2D eigenvalue weighted by molar-refractivity contribution is -0.117. The molecule has 1 aliphatic carbocycles. The maximum absolute atomic E-state index is 10.7. The van der Waals surface area contributed by atoms with Crippen LogP contribution in [0.4, 0.5) is 0 Å². The summed E-state index contributed by atoms with van der Waals surface area (Å²) in [6.45, 7) is 18.3. The van der Waals surface area contributed by atoms with Crippen LogP contribution in [0.5, 0.6) is 23.0 Å².